The quantitative estimate of drug-likeness (QED) is 0.0339. The van der Waals surface area contributed by atoms with Crippen molar-refractivity contribution in [3.05, 3.63) is 85.1 Å². The molecule has 0 spiro atoms. The summed E-state index contributed by atoms with van der Waals surface area (Å²) in [6, 6.07) is 0. The topological polar surface area (TPSA) is 162 Å². The molecular formula is C37H56N2O8. The van der Waals surface area contributed by atoms with Crippen LogP contribution in [0.25, 0.3) is 0 Å². The molecule has 0 aliphatic heterocycles. The third-order valence-electron chi connectivity index (χ3n) is 6.98. The standard InChI is InChI=1S/C37H56N2O8/c1-3-5-6-7-8-9-10-11-12-13-14-15-16-17-18-19-20-21-22-25-33(42)38-29-24-23-28-37(36(45)46,32(30-40)31-41)39-34(43)26-27-35(44)47-4-2/h5-6,8-9,11-12,14-15,17-18,20-21,26-27,32,40-41H,3-4,7,10,13,16,19,22-25,28-31H2,1-2H3,(H,38,42)(H,39,43)(H,45,46)/t37-/m0/s1. The van der Waals surface area contributed by atoms with E-state index >= 15 is 0 Å². The van der Waals surface area contributed by atoms with Crippen molar-refractivity contribution in [2.24, 2.45) is 5.92 Å². The van der Waals surface area contributed by atoms with E-state index in [9.17, 15) is 34.5 Å². The molecule has 10 heteroatoms. The number of hydrogen-bond donors (Lipinski definition) is 5. The van der Waals surface area contributed by atoms with Crippen LogP contribution in [0.15, 0.2) is 85.1 Å². The van der Waals surface area contributed by atoms with Crippen LogP contribution in [-0.2, 0) is 23.9 Å². The van der Waals surface area contributed by atoms with Crippen molar-refractivity contribution in [3.8, 4) is 0 Å². The molecule has 0 fully saturated rings. The van der Waals surface area contributed by atoms with E-state index in [-0.39, 0.29) is 25.4 Å². The molecule has 5 N–H and O–H groups in total. The van der Waals surface area contributed by atoms with Gasteiger partial charge in [-0.25, -0.2) is 9.59 Å². The number of ether oxygens (including phenoxy) is 1. The lowest BCUT2D eigenvalue weighted by Crippen LogP contribution is -2.61. The van der Waals surface area contributed by atoms with Crippen LogP contribution in [0, 0.1) is 5.92 Å². The number of carboxylic acids is 1. The highest BCUT2D eigenvalue weighted by Crippen LogP contribution is 2.25. The molecule has 0 aromatic heterocycles. The number of amides is 2. The zero-order chi connectivity index (χ0) is 35.0. The van der Waals surface area contributed by atoms with Crippen LogP contribution in [0.5, 0.6) is 0 Å². The van der Waals surface area contributed by atoms with Gasteiger partial charge < -0.3 is 30.7 Å². The third-order valence-corrected chi connectivity index (χ3v) is 6.98. The summed E-state index contributed by atoms with van der Waals surface area (Å²) in [5, 5.41) is 34.5. The molecule has 2 amide bonds. The van der Waals surface area contributed by atoms with Crippen LogP contribution in [0.1, 0.15) is 84.5 Å². The Kier molecular flexibility index (Phi) is 26.9. The predicted molar refractivity (Wildman–Crippen MR) is 186 cm³/mol. The Bertz CT molecular complexity index is 1100. The first-order valence-corrected chi connectivity index (χ1v) is 16.6. The average molecular weight is 657 g/mol. The van der Waals surface area contributed by atoms with Crippen molar-refractivity contribution in [1.82, 2.24) is 10.6 Å². The number of nitrogens with one attached hydrogen (secondary N) is 2. The number of carbonyl (C=O) groups is 4. The van der Waals surface area contributed by atoms with E-state index in [0.717, 1.165) is 50.7 Å². The molecule has 0 saturated heterocycles. The van der Waals surface area contributed by atoms with Gasteiger partial charge in [-0.3, -0.25) is 9.59 Å². The van der Waals surface area contributed by atoms with Crippen LogP contribution in [-0.4, -0.2) is 71.0 Å². The first-order valence-electron chi connectivity index (χ1n) is 16.6. The summed E-state index contributed by atoms with van der Waals surface area (Å²) in [5.41, 5.74) is -1.97. The minimum absolute atomic E-state index is 0.110. The van der Waals surface area contributed by atoms with Crippen molar-refractivity contribution >= 4 is 23.8 Å². The van der Waals surface area contributed by atoms with Gasteiger partial charge in [0, 0.05) is 31.0 Å². The molecular weight excluding hydrogens is 600 g/mol. The second-order valence-corrected chi connectivity index (χ2v) is 10.7. The van der Waals surface area contributed by atoms with Crippen LogP contribution in [0.2, 0.25) is 0 Å². The Hall–Kier alpha value is -4.02. The Balaban J connectivity index is 4.36. The number of allylic oxidation sites excluding steroid dienone is 12. The fourth-order valence-corrected chi connectivity index (χ4v) is 4.37. The molecule has 0 aliphatic carbocycles. The number of hydrogen-bond acceptors (Lipinski definition) is 7. The maximum absolute atomic E-state index is 12.4. The van der Waals surface area contributed by atoms with Gasteiger partial charge in [0.25, 0.3) is 0 Å². The molecule has 0 unspecified atom stereocenters. The number of carbonyl (C=O) groups excluding carboxylic acids is 3. The van der Waals surface area contributed by atoms with Crippen LogP contribution in [0.4, 0.5) is 0 Å². The molecule has 0 bridgehead atoms. The lowest BCUT2D eigenvalue weighted by atomic mass is 9.80. The lowest BCUT2D eigenvalue weighted by Gasteiger charge is -2.36. The van der Waals surface area contributed by atoms with E-state index < -0.39 is 42.5 Å². The zero-order valence-electron chi connectivity index (χ0n) is 28.1. The minimum Gasteiger partial charge on any atom is -0.479 e. The summed E-state index contributed by atoms with van der Waals surface area (Å²) in [4.78, 5) is 48.3. The normalized spacial score (nSPS) is 13.7. The smallest absolute Gasteiger partial charge is 0.330 e. The molecule has 1 atom stereocenters. The van der Waals surface area contributed by atoms with Crippen molar-refractivity contribution in [2.75, 3.05) is 26.4 Å². The summed E-state index contributed by atoms with van der Waals surface area (Å²) in [6.45, 7) is 2.78. The van der Waals surface area contributed by atoms with Crippen molar-refractivity contribution in [3.63, 3.8) is 0 Å². The summed E-state index contributed by atoms with van der Waals surface area (Å²) in [5.74, 6) is -4.38. The molecule has 0 aliphatic rings. The van der Waals surface area contributed by atoms with E-state index in [1.54, 1.807) is 6.92 Å². The second kappa shape index (κ2) is 29.4. The van der Waals surface area contributed by atoms with E-state index in [2.05, 4.69) is 78.3 Å². The van der Waals surface area contributed by atoms with Crippen LogP contribution < -0.4 is 10.6 Å². The summed E-state index contributed by atoms with van der Waals surface area (Å²) in [7, 11) is 0. The van der Waals surface area contributed by atoms with Gasteiger partial charge in [0.15, 0.2) is 0 Å². The number of aliphatic hydroxyl groups excluding tert-OH is 2. The van der Waals surface area contributed by atoms with E-state index in [1.165, 1.54) is 0 Å². The van der Waals surface area contributed by atoms with Gasteiger partial charge in [-0.2, -0.15) is 0 Å². The van der Waals surface area contributed by atoms with Gasteiger partial charge in [-0.1, -0.05) is 79.8 Å². The third kappa shape index (κ3) is 22.2. The van der Waals surface area contributed by atoms with Gasteiger partial charge in [0.05, 0.1) is 19.8 Å². The Morgan fingerprint density at radius 3 is 1.70 bits per heavy atom. The molecule has 0 rings (SSSR count). The highest BCUT2D eigenvalue weighted by Gasteiger charge is 2.46. The number of carboxylic acid groups (broad SMARTS) is 1. The highest BCUT2D eigenvalue weighted by atomic mass is 16.5. The van der Waals surface area contributed by atoms with Gasteiger partial charge in [-0.05, 0) is 71.1 Å². The molecule has 0 heterocycles. The molecule has 0 radical (unpaired) electrons. The Labute approximate surface area is 280 Å². The predicted octanol–water partition coefficient (Wildman–Crippen LogP) is 5.41. The monoisotopic (exact) mass is 656 g/mol. The first kappa shape index (κ1) is 43.0. The number of aliphatic hydroxyl groups is 2. The fraction of sp³-hybridized carbons (Fsp3) is 0.514. The zero-order valence-corrected chi connectivity index (χ0v) is 28.1. The summed E-state index contributed by atoms with van der Waals surface area (Å²) >= 11 is 0. The maximum Gasteiger partial charge on any atom is 0.330 e. The highest BCUT2D eigenvalue weighted by molar-refractivity contribution is 5.97. The van der Waals surface area contributed by atoms with Crippen LogP contribution >= 0.6 is 0 Å². The fourth-order valence-electron chi connectivity index (χ4n) is 4.37. The lowest BCUT2D eigenvalue weighted by molar-refractivity contribution is -0.152. The van der Waals surface area contributed by atoms with E-state index in [4.69, 9.17) is 4.74 Å². The largest absolute Gasteiger partial charge is 0.479 e. The molecule has 0 saturated carbocycles. The van der Waals surface area contributed by atoms with Gasteiger partial charge in [0.1, 0.15) is 5.54 Å². The average Bonchev–Trinajstić information content (AvgIpc) is 3.05. The van der Waals surface area contributed by atoms with Crippen molar-refractivity contribution in [1.29, 1.82) is 0 Å². The summed E-state index contributed by atoms with van der Waals surface area (Å²) in [6.07, 6.45) is 34.3. The molecule has 10 nitrogen and oxygen atoms in total. The van der Waals surface area contributed by atoms with Gasteiger partial charge >= 0.3 is 11.9 Å². The maximum atomic E-state index is 12.4. The minimum atomic E-state index is -1.97. The molecule has 262 valence electrons. The summed E-state index contributed by atoms with van der Waals surface area (Å²) < 4.78 is 4.70. The first-order chi connectivity index (χ1) is 22.8. The number of aliphatic carboxylic acids is 1. The van der Waals surface area contributed by atoms with Gasteiger partial charge in [-0.15, -0.1) is 0 Å². The number of esters is 1. The number of rotatable bonds is 27. The molecule has 47 heavy (non-hydrogen) atoms. The van der Waals surface area contributed by atoms with E-state index in [0.29, 0.717) is 25.8 Å². The van der Waals surface area contributed by atoms with Crippen molar-refractivity contribution in [2.45, 2.75) is 90.0 Å². The van der Waals surface area contributed by atoms with Crippen molar-refractivity contribution < 1.29 is 39.2 Å². The second-order valence-electron chi connectivity index (χ2n) is 10.7. The molecule has 0 aromatic rings. The van der Waals surface area contributed by atoms with Crippen LogP contribution in [0.3, 0.4) is 0 Å². The Morgan fingerprint density at radius 1 is 0.723 bits per heavy atom. The molecule has 0 aromatic carbocycles. The SMILES string of the molecule is CCC=CCC=CCC=CCC=CCC=CCC=CCCC(=O)NCCCC[C@@](NC(=O)C=CC(=O)OCC)(C(=O)O)C(CO)CO. The van der Waals surface area contributed by atoms with Gasteiger partial charge in [0.2, 0.25) is 11.8 Å². The Morgan fingerprint density at radius 2 is 1.23 bits per heavy atom. The van der Waals surface area contributed by atoms with E-state index in [1.807, 2.05) is 12.2 Å². The number of unbranched alkanes of at least 4 members (excludes halogenated alkanes) is 1.